The highest BCUT2D eigenvalue weighted by atomic mass is 32.2. The minimum atomic E-state index is -3.54. The minimum absolute atomic E-state index is 0.106. The van der Waals surface area contributed by atoms with Crippen LogP contribution in [0.5, 0.6) is 0 Å². The molecule has 1 heterocycles. The molecular weight excluding hydrogens is 390 g/mol. The van der Waals surface area contributed by atoms with Crippen molar-refractivity contribution >= 4 is 33.2 Å². The summed E-state index contributed by atoms with van der Waals surface area (Å²) in [5.41, 5.74) is 1.19. The number of rotatable bonds is 5. The normalized spacial score (nSPS) is 14.7. The zero-order chi connectivity index (χ0) is 20.9. The van der Waals surface area contributed by atoms with Gasteiger partial charge in [-0.15, -0.1) is 0 Å². The van der Waals surface area contributed by atoms with E-state index >= 15 is 0 Å². The van der Waals surface area contributed by atoms with Gasteiger partial charge in [0.15, 0.2) is 0 Å². The molecule has 2 aromatic rings. The number of benzene rings is 2. The standard InChI is InChI=1S/C21H25N3O4S/c1-29(27,28)23-19-13-7-4-10-16(19)20(25)22-18-12-6-5-11-17(18)21(26)24-14-8-2-3-9-15-24/h4-7,10-13,23H,2-3,8-9,14-15H2,1H3,(H,22,25). The third kappa shape index (κ3) is 5.57. The molecule has 2 amide bonds. The van der Waals surface area contributed by atoms with E-state index in [0.29, 0.717) is 24.3 Å². The molecule has 3 rings (SSSR count). The molecule has 0 atom stereocenters. The van der Waals surface area contributed by atoms with Crippen LogP contribution in [0.15, 0.2) is 48.5 Å². The second-order valence-corrected chi connectivity index (χ2v) is 8.87. The first kappa shape index (κ1) is 20.9. The summed E-state index contributed by atoms with van der Waals surface area (Å²) in [6, 6.07) is 13.2. The summed E-state index contributed by atoms with van der Waals surface area (Å²) in [4.78, 5) is 27.7. The van der Waals surface area contributed by atoms with Gasteiger partial charge < -0.3 is 10.2 Å². The molecule has 154 valence electrons. The summed E-state index contributed by atoms with van der Waals surface area (Å²) in [6.07, 6.45) is 5.21. The van der Waals surface area contributed by atoms with E-state index in [1.54, 1.807) is 36.4 Å². The predicted molar refractivity (Wildman–Crippen MR) is 114 cm³/mol. The van der Waals surface area contributed by atoms with Crippen LogP contribution in [0.1, 0.15) is 46.4 Å². The number of nitrogens with zero attached hydrogens (tertiary/aromatic N) is 1. The van der Waals surface area contributed by atoms with Crippen LogP contribution < -0.4 is 10.0 Å². The highest BCUT2D eigenvalue weighted by Crippen LogP contribution is 2.23. The predicted octanol–water partition coefficient (Wildman–Crippen LogP) is 3.33. The highest BCUT2D eigenvalue weighted by molar-refractivity contribution is 7.92. The summed E-state index contributed by atoms with van der Waals surface area (Å²) in [7, 11) is -3.54. The Labute approximate surface area is 171 Å². The van der Waals surface area contributed by atoms with E-state index in [9.17, 15) is 18.0 Å². The van der Waals surface area contributed by atoms with Crippen LogP contribution in [0, 0.1) is 0 Å². The van der Waals surface area contributed by atoms with Crippen molar-refractivity contribution in [2.75, 3.05) is 29.4 Å². The fourth-order valence-electron chi connectivity index (χ4n) is 3.38. The molecule has 7 nitrogen and oxygen atoms in total. The summed E-state index contributed by atoms with van der Waals surface area (Å²) in [5.74, 6) is -0.599. The van der Waals surface area contributed by atoms with Gasteiger partial charge in [-0.1, -0.05) is 37.1 Å². The molecule has 0 aromatic heterocycles. The van der Waals surface area contributed by atoms with Crippen LogP contribution in [-0.2, 0) is 10.0 Å². The Hall–Kier alpha value is -2.87. The first-order chi connectivity index (χ1) is 13.8. The average Bonchev–Trinajstić information content (AvgIpc) is 2.96. The number of likely N-dealkylation sites (tertiary alicyclic amines) is 1. The first-order valence-corrected chi connectivity index (χ1v) is 11.5. The Morgan fingerprint density at radius 3 is 2.00 bits per heavy atom. The van der Waals surface area contributed by atoms with Gasteiger partial charge >= 0.3 is 0 Å². The summed E-state index contributed by atoms with van der Waals surface area (Å²) in [6.45, 7) is 1.42. The topological polar surface area (TPSA) is 95.6 Å². The van der Waals surface area contributed by atoms with Crippen molar-refractivity contribution in [1.82, 2.24) is 4.90 Å². The molecule has 0 saturated carbocycles. The number of carbonyl (C=O) groups is 2. The number of amides is 2. The quantitative estimate of drug-likeness (QED) is 0.783. The average molecular weight is 416 g/mol. The van der Waals surface area contributed by atoms with Crippen LogP contribution in [-0.4, -0.2) is 44.5 Å². The number of carbonyl (C=O) groups excluding carboxylic acids is 2. The lowest BCUT2D eigenvalue weighted by Crippen LogP contribution is -2.32. The van der Waals surface area contributed by atoms with Crippen molar-refractivity contribution in [3.8, 4) is 0 Å². The molecule has 2 aromatic carbocycles. The number of nitrogens with one attached hydrogen (secondary N) is 2. The van der Waals surface area contributed by atoms with Crippen LogP contribution >= 0.6 is 0 Å². The van der Waals surface area contributed by atoms with Gasteiger partial charge in [-0.2, -0.15) is 0 Å². The van der Waals surface area contributed by atoms with Crippen molar-refractivity contribution in [1.29, 1.82) is 0 Å². The Balaban J connectivity index is 1.85. The largest absolute Gasteiger partial charge is 0.339 e. The zero-order valence-corrected chi connectivity index (χ0v) is 17.2. The van der Waals surface area contributed by atoms with Crippen molar-refractivity contribution in [2.24, 2.45) is 0 Å². The summed E-state index contributed by atoms with van der Waals surface area (Å²) in [5, 5.41) is 2.77. The van der Waals surface area contributed by atoms with Crippen molar-refractivity contribution in [3.05, 3.63) is 59.7 Å². The van der Waals surface area contributed by atoms with Crippen molar-refractivity contribution < 1.29 is 18.0 Å². The van der Waals surface area contributed by atoms with Crippen LogP contribution in [0.25, 0.3) is 0 Å². The van der Waals surface area contributed by atoms with Gasteiger partial charge in [-0.25, -0.2) is 8.42 Å². The van der Waals surface area contributed by atoms with E-state index in [-0.39, 0.29) is 17.2 Å². The number of hydrogen-bond donors (Lipinski definition) is 2. The maximum absolute atomic E-state index is 13.0. The van der Waals surface area contributed by atoms with E-state index < -0.39 is 15.9 Å². The minimum Gasteiger partial charge on any atom is -0.339 e. The van der Waals surface area contributed by atoms with E-state index in [0.717, 1.165) is 31.9 Å². The van der Waals surface area contributed by atoms with Crippen molar-refractivity contribution in [2.45, 2.75) is 25.7 Å². The number of anilines is 2. The van der Waals surface area contributed by atoms with Gasteiger partial charge in [0.2, 0.25) is 10.0 Å². The fraction of sp³-hybridized carbons (Fsp3) is 0.333. The highest BCUT2D eigenvalue weighted by Gasteiger charge is 2.21. The molecule has 0 radical (unpaired) electrons. The Kier molecular flexibility index (Phi) is 6.53. The third-order valence-corrected chi connectivity index (χ3v) is 5.36. The molecule has 1 fully saturated rings. The molecule has 29 heavy (non-hydrogen) atoms. The molecule has 0 bridgehead atoms. The molecule has 0 spiro atoms. The first-order valence-electron chi connectivity index (χ1n) is 9.61. The van der Waals surface area contributed by atoms with Gasteiger partial charge in [0, 0.05) is 13.1 Å². The van der Waals surface area contributed by atoms with Gasteiger partial charge in [-0.3, -0.25) is 14.3 Å². The molecule has 1 saturated heterocycles. The monoisotopic (exact) mass is 415 g/mol. The van der Waals surface area contributed by atoms with Crippen molar-refractivity contribution in [3.63, 3.8) is 0 Å². The molecule has 2 N–H and O–H groups in total. The lowest BCUT2D eigenvalue weighted by Gasteiger charge is -2.22. The second kappa shape index (κ2) is 9.09. The Morgan fingerprint density at radius 1 is 0.828 bits per heavy atom. The SMILES string of the molecule is CS(=O)(=O)Nc1ccccc1C(=O)Nc1ccccc1C(=O)N1CCCCCC1. The Morgan fingerprint density at radius 2 is 1.38 bits per heavy atom. The molecule has 0 unspecified atom stereocenters. The number of hydrogen-bond acceptors (Lipinski definition) is 4. The van der Waals surface area contributed by atoms with Crippen LogP contribution in [0.4, 0.5) is 11.4 Å². The maximum Gasteiger partial charge on any atom is 0.257 e. The zero-order valence-electron chi connectivity index (χ0n) is 16.3. The molecule has 8 heteroatoms. The summed E-state index contributed by atoms with van der Waals surface area (Å²) < 4.78 is 25.5. The van der Waals surface area contributed by atoms with E-state index in [1.807, 2.05) is 4.90 Å². The van der Waals surface area contributed by atoms with Gasteiger partial charge in [0.25, 0.3) is 11.8 Å². The maximum atomic E-state index is 13.0. The van der Waals surface area contributed by atoms with E-state index in [2.05, 4.69) is 10.0 Å². The van der Waals surface area contributed by atoms with Crippen LogP contribution in [0.3, 0.4) is 0 Å². The van der Waals surface area contributed by atoms with Gasteiger partial charge in [0.1, 0.15) is 0 Å². The third-order valence-electron chi connectivity index (χ3n) is 4.77. The Bertz CT molecular complexity index is 996. The number of sulfonamides is 1. The fourth-order valence-corrected chi connectivity index (χ4v) is 3.96. The molecular formula is C21H25N3O4S. The number of para-hydroxylation sites is 2. The second-order valence-electron chi connectivity index (χ2n) is 7.13. The van der Waals surface area contributed by atoms with Gasteiger partial charge in [-0.05, 0) is 37.1 Å². The van der Waals surface area contributed by atoms with E-state index in [1.165, 1.54) is 12.1 Å². The lowest BCUT2D eigenvalue weighted by atomic mass is 10.1. The van der Waals surface area contributed by atoms with Gasteiger partial charge in [0.05, 0.1) is 28.8 Å². The summed E-state index contributed by atoms with van der Waals surface area (Å²) >= 11 is 0. The van der Waals surface area contributed by atoms with E-state index in [4.69, 9.17) is 0 Å². The molecule has 1 aliphatic heterocycles. The molecule has 1 aliphatic rings. The van der Waals surface area contributed by atoms with Crippen LogP contribution in [0.2, 0.25) is 0 Å². The smallest absolute Gasteiger partial charge is 0.257 e. The lowest BCUT2D eigenvalue weighted by molar-refractivity contribution is 0.0762. The molecule has 0 aliphatic carbocycles.